The van der Waals surface area contributed by atoms with E-state index in [0.717, 1.165) is 0 Å². The maximum absolute atomic E-state index is 13.4. The SMILES string of the molecule is CC(C)C[C@H](N)C(=O)N[C@H](C(=O)N[C@@H](C)C(=O)N[C@@H](CCC(=O)O)C(=O)N[C@@H](CCC(=O)O)C(=O)N[C@@H](CCCCN)C(=O)N[C@@H](C)C(=O)O)[C@@H](C)O. The number of aliphatic carboxylic acids is 3. The first-order chi connectivity index (χ1) is 24.6. The molecule has 0 rings (SSSR count). The van der Waals surface area contributed by atoms with Crippen molar-refractivity contribution in [2.45, 2.75) is 134 Å². The number of nitrogens with two attached hydrogens (primary N) is 2. The van der Waals surface area contributed by atoms with E-state index in [1.807, 2.05) is 13.8 Å². The van der Waals surface area contributed by atoms with Crippen LogP contribution in [0.1, 0.15) is 86.0 Å². The van der Waals surface area contributed by atoms with Crippen molar-refractivity contribution >= 4 is 53.4 Å². The summed E-state index contributed by atoms with van der Waals surface area (Å²) in [6.45, 7) is 7.53. The molecule has 0 saturated carbocycles. The number of carboxylic acid groups (broad SMARTS) is 3. The minimum Gasteiger partial charge on any atom is -0.481 e. The molecule has 6 amide bonds. The second-order valence-corrected chi connectivity index (χ2v) is 13.1. The molecule has 0 aromatic heterocycles. The number of aliphatic hydroxyl groups is 1. The Kier molecular flexibility index (Phi) is 22.1. The van der Waals surface area contributed by atoms with Gasteiger partial charge in [-0.25, -0.2) is 0 Å². The molecule has 21 nitrogen and oxygen atoms in total. The van der Waals surface area contributed by atoms with Gasteiger partial charge in [-0.15, -0.1) is 0 Å². The molecule has 53 heavy (non-hydrogen) atoms. The molecular formula is C32H56N8O13. The van der Waals surface area contributed by atoms with E-state index < -0.39 is 127 Å². The van der Waals surface area contributed by atoms with Gasteiger partial charge in [0.15, 0.2) is 0 Å². The van der Waals surface area contributed by atoms with E-state index in [-0.39, 0.29) is 25.3 Å². The summed E-state index contributed by atoms with van der Waals surface area (Å²) in [5, 5.41) is 51.6. The highest BCUT2D eigenvalue weighted by atomic mass is 16.4. The van der Waals surface area contributed by atoms with Crippen LogP contribution in [0.2, 0.25) is 0 Å². The lowest BCUT2D eigenvalue weighted by Gasteiger charge is -2.27. The molecule has 0 aliphatic carbocycles. The summed E-state index contributed by atoms with van der Waals surface area (Å²) in [6.07, 6.45) is -2.67. The highest BCUT2D eigenvalue weighted by Crippen LogP contribution is 2.08. The average Bonchev–Trinajstić information content (AvgIpc) is 3.05. The predicted molar refractivity (Wildman–Crippen MR) is 186 cm³/mol. The number of nitrogens with one attached hydrogen (secondary N) is 6. The first kappa shape index (κ1) is 48.1. The molecule has 0 bridgehead atoms. The maximum atomic E-state index is 13.4. The second-order valence-electron chi connectivity index (χ2n) is 13.1. The Hall–Kier alpha value is -4.89. The van der Waals surface area contributed by atoms with Crippen LogP contribution < -0.4 is 43.4 Å². The van der Waals surface area contributed by atoms with Gasteiger partial charge in [0, 0.05) is 12.8 Å². The van der Waals surface area contributed by atoms with Crippen LogP contribution in [0.4, 0.5) is 0 Å². The molecule has 0 aliphatic heterocycles. The lowest BCUT2D eigenvalue weighted by Crippen LogP contribution is -2.60. The monoisotopic (exact) mass is 760 g/mol. The fourth-order valence-corrected chi connectivity index (χ4v) is 4.70. The number of hydrogen-bond acceptors (Lipinski definition) is 12. The number of amides is 6. The third-order valence-electron chi connectivity index (χ3n) is 7.75. The number of rotatable bonds is 26. The molecule has 0 spiro atoms. The van der Waals surface area contributed by atoms with Gasteiger partial charge in [0.05, 0.1) is 12.1 Å². The van der Waals surface area contributed by atoms with Crippen molar-refractivity contribution in [3.05, 3.63) is 0 Å². The fraction of sp³-hybridized carbons (Fsp3) is 0.719. The molecule has 0 aliphatic rings. The van der Waals surface area contributed by atoms with E-state index in [2.05, 4.69) is 31.9 Å². The third kappa shape index (κ3) is 19.5. The lowest BCUT2D eigenvalue weighted by molar-refractivity contribution is -0.142. The van der Waals surface area contributed by atoms with Crippen molar-refractivity contribution in [2.24, 2.45) is 17.4 Å². The summed E-state index contributed by atoms with van der Waals surface area (Å²) >= 11 is 0. The number of hydrogen-bond donors (Lipinski definition) is 12. The Labute approximate surface area is 307 Å². The van der Waals surface area contributed by atoms with E-state index in [0.29, 0.717) is 12.8 Å². The summed E-state index contributed by atoms with van der Waals surface area (Å²) in [4.78, 5) is 112. The molecule has 0 fully saturated rings. The van der Waals surface area contributed by atoms with Gasteiger partial charge in [-0.2, -0.15) is 0 Å². The van der Waals surface area contributed by atoms with Crippen molar-refractivity contribution in [1.82, 2.24) is 31.9 Å². The van der Waals surface area contributed by atoms with Crippen molar-refractivity contribution in [1.29, 1.82) is 0 Å². The summed E-state index contributed by atoms with van der Waals surface area (Å²) in [6, 6.07) is -9.83. The van der Waals surface area contributed by atoms with Crippen molar-refractivity contribution in [3.8, 4) is 0 Å². The highest BCUT2D eigenvalue weighted by Gasteiger charge is 2.33. The highest BCUT2D eigenvalue weighted by molar-refractivity contribution is 5.97. The number of aliphatic hydroxyl groups excluding tert-OH is 1. The van der Waals surface area contributed by atoms with Crippen LogP contribution in [0.3, 0.4) is 0 Å². The molecule has 0 radical (unpaired) electrons. The van der Waals surface area contributed by atoms with Crippen LogP contribution >= 0.6 is 0 Å². The molecule has 8 atom stereocenters. The van der Waals surface area contributed by atoms with Gasteiger partial charge in [0.1, 0.15) is 36.3 Å². The van der Waals surface area contributed by atoms with E-state index in [1.165, 1.54) is 20.8 Å². The van der Waals surface area contributed by atoms with Gasteiger partial charge in [0.2, 0.25) is 35.4 Å². The first-order valence-corrected chi connectivity index (χ1v) is 17.2. The third-order valence-corrected chi connectivity index (χ3v) is 7.75. The molecule has 14 N–H and O–H groups in total. The number of unbranched alkanes of at least 4 members (excludes halogenated alkanes) is 1. The zero-order chi connectivity index (χ0) is 41.0. The van der Waals surface area contributed by atoms with Crippen LogP contribution in [0.25, 0.3) is 0 Å². The normalized spacial score (nSPS) is 15.6. The van der Waals surface area contributed by atoms with Crippen molar-refractivity contribution in [2.75, 3.05) is 6.54 Å². The van der Waals surface area contributed by atoms with Gasteiger partial charge >= 0.3 is 17.9 Å². The number of carbonyl (C=O) groups is 9. The van der Waals surface area contributed by atoms with Crippen LogP contribution in [0.5, 0.6) is 0 Å². The Morgan fingerprint density at radius 3 is 1.40 bits per heavy atom. The van der Waals surface area contributed by atoms with E-state index in [9.17, 15) is 58.5 Å². The zero-order valence-corrected chi connectivity index (χ0v) is 30.7. The van der Waals surface area contributed by atoms with E-state index in [4.69, 9.17) is 16.6 Å². The summed E-state index contributed by atoms with van der Waals surface area (Å²) in [7, 11) is 0. The van der Waals surface area contributed by atoms with Crippen molar-refractivity contribution in [3.63, 3.8) is 0 Å². The Bertz CT molecular complexity index is 1300. The zero-order valence-electron chi connectivity index (χ0n) is 30.7. The molecule has 0 saturated heterocycles. The van der Waals surface area contributed by atoms with Crippen LogP contribution in [0, 0.1) is 5.92 Å². The second kappa shape index (κ2) is 24.4. The topological polar surface area (TPSA) is 359 Å². The largest absolute Gasteiger partial charge is 0.481 e. The summed E-state index contributed by atoms with van der Waals surface area (Å²) in [5.74, 6) is -9.72. The quantitative estimate of drug-likeness (QED) is 0.0383. The molecular weight excluding hydrogens is 704 g/mol. The average molecular weight is 761 g/mol. The van der Waals surface area contributed by atoms with Gasteiger partial charge in [-0.3, -0.25) is 43.2 Å². The lowest BCUT2D eigenvalue weighted by atomic mass is 10.0. The van der Waals surface area contributed by atoms with Gasteiger partial charge < -0.3 is 63.8 Å². The van der Waals surface area contributed by atoms with E-state index in [1.54, 1.807) is 0 Å². The fourth-order valence-electron chi connectivity index (χ4n) is 4.70. The Morgan fingerprint density at radius 1 is 0.547 bits per heavy atom. The minimum absolute atomic E-state index is 0.00591. The van der Waals surface area contributed by atoms with Crippen LogP contribution in [0.15, 0.2) is 0 Å². The molecule has 0 unspecified atom stereocenters. The van der Waals surface area contributed by atoms with Gasteiger partial charge in [-0.1, -0.05) is 13.8 Å². The Morgan fingerprint density at radius 2 is 0.981 bits per heavy atom. The molecule has 21 heteroatoms. The van der Waals surface area contributed by atoms with Gasteiger partial charge in [0.25, 0.3) is 0 Å². The van der Waals surface area contributed by atoms with Crippen LogP contribution in [-0.4, -0.2) is 129 Å². The maximum Gasteiger partial charge on any atom is 0.325 e. The van der Waals surface area contributed by atoms with E-state index >= 15 is 0 Å². The molecule has 302 valence electrons. The Balaban J connectivity index is 6.07. The molecule has 0 aromatic carbocycles. The molecule has 0 aromatic rings. The summed E-state index contributed by atoms with van der Waals surface area (Å²) in [5.41, 5.74) is 11.4. The smallest absolute Gasteiger partial charge is 0.325 e. The minimum atomic E-state index is -1.64. The van der Waals surface area contributed by atoms with Crippen molar-refractivity contribution < 1.29 is 63.6 Å². The van der Waals surface area contributed by atoms with Gasteiger partial charge in [-0.05, 0) is 71.8 Å². The number of carboxylic acids is 3. The number of carbonyl (C=O) groups excluding carboxylic acids is 6. The first-order valence-electron chi connectivity index (χ1n) is 17.2. The molecule has 0 heterocycles. The standard InChI is InChI=1S/C32H56N8O13/c1-15(2)14-19(34)27(47)40-25(18(5)41)31(51)35-16(3)26(46)37-21(9-11-23(42)43)29(49)39-22(10-12-24(44)45)30(50)38-20(8-6-7-13-33)28(48)36-17(4)32(52)53/h15-22,25,41H,6-14,33-34H2,1-5H3,(H,35,51)(H,36,48)(H,37,46)(H,38,50)(H,39,49)(H,40,47)(H,42,43)(H,44,45)(H,52,53)/t16-,17-,18+,19-,20-,21-,22-,25-/m0/s1. The summed E-state index contributed by atoms with van der Waals surface area (Å²) < 4.78 is 0. The van der Waals surface area contributed by atoms with Crippen LogP contribution in [-0.2, 0) is 43.2 Å². The predicted octanol–water partition coefficient (Wildman–Crippen LogP) is -3.37.